The molecular formula is C18H17BrN2O2S. The van der Waals surface area contributed by atoms with E-state index in [0.717, 1.165) is 16.6 Å². The van der Waals surface area contributed by atoms with Gasteiger partial charge in [0, 0.05) is 16.1 Å². The number of anilines is 2. The molecule has 4 rings (SSSR count). The van der Waals surface area contributed by atoms with Crippen LogP contribution in [-0.2, 0) is 10.9 Å². The van der Waals surface area contributed by atoms with E-state index in [0.29, 0.717) is 17.5 Å². The minimum Gasteiger partial charge on any atom is -0.378 e. The first-order valence-electron chi connectivity index (χ1n) is 7.85. The van der Waals surface area contributed by atoms with E-state index in [1.165, 1.54) is 11.1 Å². The van der Waals surface area contributed by atoms with Crippen LogP contribution in [0.25, 0.3) is 0 Å². The van der Waals surface area contributed by atoms with Gasteiger partial charge in [0.2, 0.25) is 10.9 Å². The van der Waals surface area contributed by atoms with Gasteiger partial charge in [0.25, 0.3) is 0 Å². The molecule has 3 atom stereocenters. The fraction of sp³-hybridized carbons (Fsp3) is 0.222. The second-order valence-corrected chi connectivity index (χ2v) is 7.85. The van der Waals surface area contributed by atoms with Gasteiger partial charge >= 0.3 is 0 Å². The van der Waals surface area contributed by atoms with Crippen LogP contribution < -0.4 is 10.0 Å². The molecule has 0 fully saturated rings. The molecule has 124 valence electrons. The molecule has 1 aliphatic heterocycles. The largest absolute Gasteiger partial charge is 0.378 e. The maximum absolute atomic E-state index is 10.9. The third-order valence-corrected chi connectivity index (χ3v) is 5.78. The quantitative estimate of drug-likeness (QED) is 0.530. The van der Waals surface area contributed by atoms with Gasteiger partial charge < -0.3 is 5.32 Å². The van der Waals surface area contributed by atoms with Gasteiger partial charge in [-0.2, -0.15) is 0 Å². The average Bonchev–Trinajstić information content (AvgIpc) is 3.04. The SMILES string of the molecule is O=[SH](=O)Nc1ccc2c(c1)N[C@H](c1ccc(Br)cc1)[C@@H]1CC=C[C@H]21. The summed E-state index contributed by atoms with van der Waals surface area (Å²) in [5, 5.41) is 3.63. The molecule has 0 radical (unpaired) electrons. The number of rotatable bonds is 3. The smallest absolute Gasteiger partial charge is 0.222 e. The van der Waals surface area contributed by atoms with Crippen LogP contribution in [0, 0.1) is 5.92 Å². The Morgan fingerprint density at radius 2 is 1.92 bits per heavy atom. The Balaban J connectivity index is 1.74. The van der Waals surface area contributed by atoms with Gasteiger partial charge in [0.05, 0.1) is 11.7 Å². The summed E-state index contributed by atoms with van der Waals surface area (Å²) in [6.45, 7) is 0. The molecule has 0 aromatic heterocycles. The van der Waals surface area contributed by atoms with Crippen molar-refractivity contribution in [2.75, 3.05) is 10.0 Å². The minimum absolute atomic E-state index is 0.210. The zero-order valence-corrected chi connectivity index (χ0v) is 15.3. The highest BCUT2D eigenvalue weighted by atomic mass is 79.9. The molecule has 0 amide bonds. The number of hydrogen-bond acceptors (Lipinski definition) is 3. The molecule has 2 aromatic rings. The van der Waals surface area contributed by atoms with E-state index in [4.69, 9.17) is 0 Å². The summed E-state index contributed by atoms with van der Waals surface area (Å²) in [7, 11) is -2.66. The van der Waals surface area contributed by atoms with Crippen LogP contribution in [0.4, 0.5) is 11.4 Å². The minimum atomic E-state index is -2.66. The first kappa shape index (κ1) is 15.7. The average molecular weight is 405 g/mol. The highest BCUT2D eigenvalue weighted by molar-refractivity contribution is 9.10. The Morgan fingerprint density at radius 3 is 2.67 bits per heavy atom. The van der Waals surface area contributed by atoms with Crippen LogP contribution in [0.3, 0.4) is 0 Å². The molecule has 2 N–H and O–H groups in total. The van der Waals surface area contributed by atoms with E-state index < -0.39 is 10.9 Å². The Morgan fingerprint density at radius 1 is 1.12 bits per heavy atom. The molecule has 2 aliphatic rings. The normalized spacial score (nSPS) is 24.3. The van der Waals surface area contributed by atoms with Crippen molar-refractivity contribution in [2.45, 2.75) is 18.4 Å². The lowest BCUT2D eigenvalue weighted by Gasteiger charge is -2.37. The Labute approximate surface area is 151 Å². The van der Waals surface area contributed by atoms with Crippen molar-refractivity contribution in [1.29, 1.82) is 0 Å². The van der Waals surface area contributed by atoms with Gasteiger partial charge in [0.1, 0.15) is 0 Å². The molecule has 1 heterocycles. The van der Waals surface area contributed by atoms with Crippen molar-refractivity contribution in [3.63, 3.8) is 0 Å². The van der Waals surface area contributed by atoms with Gasteiger partial charge in [-0.25, -0.2) is 8.42 Å². The predicted octanol–water partition coefficient (Wildman–Crippen LogP) is 4.21. The summed E-state index contributed by atoms with van der Waals surface area (Å²) in [5.41, 5.74) is 4.06. The summed E-state index contributed by atoms with van der Waals surface area (Å²) >= 11 is 3.49. The predicted molar refractivity (Wildman–Crippen MR) is 101 cm³/mol. The van der Waals surface area contributed by atoms with Gasteiger partial charge in [-0.1, -0.05) is 46.3 Å². The van der Waals surface area contributed by atoms with E-state index in [2.05, 4.69) is 62.4 Å². The Bertz CT molecular complexity index is 869. The number of hydrogen-bond donors (Lipinski definition) is 3. The van der Waals surface area contributed by atoms with E-state index in [-0.39, 0.29) is 6.04 Å². The van der Waals surface area contributed by atoms with Crippen molar-refractivity contribution < 1.29 is 8.42 Å². The van der Waals surface area contributed by atoms with E-state index in [1.807, 2.05) is 18.2 Å². The van der Waals surface area contributed by atoms with Crippen LogP contribution in [0.15, 0.2) is 59.1 Å². The lowest BCUT2D eigenvalue weighted by Crippen LogP contribution is -2.29. The molecule has 0 spiro atoms. The first-order chi connectivity index (χ1) is 11.6. The summed E-state index contributed by atoms with van der Waals surface area (Å²) in [5.74, 6) is 0.846. The molecule has 0 saturated heterocycles. The van der Waals surface area contributed by atoms with E-state index >= 15 is 0 Å². The van der Waals surface area contributed by atoms with Crippen LogP contribution in [-0.4, -0.2) is 8.42 Å². The maximum Gasteiger partial charge on any atom is 0.222 e. The molecule has 2 aromatic carbocycles. The van der Waals surface area contributed by atoms with Crippen LogP contribution in [0.2, 0.25) is 0 Å². The molecule has 0 saturated carbocycles. The lowest BCUT2D eigenvalue weighted by molar-refractivity contribution is 0.425. The summed E-state index contributed by atoms with van der Waals surface area (Å²) in [6, 6.07) is 14.3. The van der Waals surface area contributed by atoms with Crippen LogP contribution in [0.5, 0.6) is 0 Å². The van der Waals surface area contributed by atoms with Crippen molar-refractivity contribution in [3.8, 4) is 0 Å². The van der Waals surface area contributed by atoms with Gasteiger partial charge in [-0.05, 0) is 47.7 Å². The maximum atomic E-state index is 10.9. The lowest BCUT2D eigenvalue weighted by atomic mass is 9.77. The molecule has 1 aliphatic carbocycles. The fourth-order valence-corrected chi connectivity index (χ4v) is 4.39. The molecule has 24 heavy (non-hydrogen) atoms. The number of thiol groups is 1. The molecule has 6 heteroatoms. The first-order valence-corrected chi connectivity index (χ1v) is 9.82. The van der Waals surface area contributed by atoms with Crippen molar-refractivity contribution in [3.05, 3.63) is 70.2 Å². The number of benzene rings is 2. The Kier molecular flexibility index (Phi) is 4.10. The monoisotopic (exact) mass is 404 g/mol. The molecular weight excluding hydrogens is 388 g/mol. The molecule has 0 bridgehead atoms. The van der Waals surface area contributed by atoms with Crippen LogP contribution in [0.1, 0.15) is 29.5 Å². The summed E-state index contributed by atoms with van der Waals surface area (Å²) in [6.07, 6.45) is 5.57. The molecule has 0 unspecified atom stereocenters. The number of halogens is 1. The second kappa shape index (κ2) is 6.26. The van der Waals surface area contributed by atoms with E-state index in [1.54, 1.807) is 0 Å². The molecule has 4 nitrogen and oxygen atoms in total. The second-order valence-electron chi connectivity index (χ2n) is 6.20. The Hall–Kier alpha value is -1.79. The number of allylic oxidation sites excluding steroid dienone is 2. The highest BCUT2D eigenvalue weighted by Gasteiger charge is 2.37. The van der Waals surface area contributed by atoms with Crippen LogP contribution >= 0.6 is 15.9 Å². The summed E-state index contributed by atoms with van der Waals surface area (Å²) < 4.78 is 25.4. The standard InChI is InChI=1S/C18H17BrN2O2S/c19-12-6-4-11(5-7-12)18-16-3-1-2-14(16)15-9-8-13(21-24(22)23)10-17(15)20-18/h1-2,4-10,14,16,18,20,24H,3H2,(H,21,22,23)/t14-,16-,18-/m1/s1. The highest BCUT2D eigenvalue weighted by Crippen LogP contribution is 2.50. The topological polar surface area (TPSA) is 58.2 Å². The van der Waals surface area contributed by atoms with Crippen molar-refractivity contribution in [1.82, 2.24) is 0 Å². The fourth-order valence-electron chi connectivity index (χ4n) is 3.77. The van der Waals surface area contributed by atoms with Gasteiger partial charge in [0.15, 0.2) is 0 Å². The third kappa shape index (κ3) is 2.84. The number of nitrogens with one attached hydrogen (secondary N) is 2. The number of fused-ring (bicyclic) bond motifs is 3. The summed E-state index contributed by atoms with van der Waals surface area (Å²) in [4.78, 5) is 0. The van der Waals surface area contributed by atoms with Crippen molar-refractivity contribution >= 4 is 38.2 Å². The zero-order chi connectivity index (χ0) is 16.7. The van der Waals surface area contributed by atoms with Crippen molar-refractivity contribution in [2.24, 2.45) is 5.92 Å². The van der Waals surface area contributed by atoms with E-state index in [9.17, 15) is 8.42 Å². The zero-order valence-electron chi connectivity index (χ0n) is 12.8. The van der Waals surface area contributed by atoms with Gasteiger partial charge in [-0.15, -0.1) is 0 Å². The third-order valence-electron chi connectivity index (χ3n) is 4.81. The van der Waals surface area contributed by atoms with Gasteiger partial charge in [-0.3, -0.25) is 4.72 Å².